The van der Waals surface area contributed by atoms with Crippen LogP contribution in [0.5, 0.6) is 0 Å². The Morgan fingerprint density at radius 2 is 1.67 bits per heavy atom. The van der Waals surface area contributed by atoms with Crippen LogP contribution in [0.4, 0.5) is 14.5 Å². The largest absolute Gasteiger partial charge is 0.463 e. The van der Waals surface area contributed by atoms with E-state index in [-0.39, 0.29) is 37.2 Å². The summed E-state index contributed by atoms with van der Waals surface area (Å²) < 4.78 is 33.6. The van der Waals surface area contributed by atoms with Crippen molar-refractivity contribution in [2.24, 2.45) is 0 Å². The molecule has 218 valence electrons. The van der Waals surface area contributed by atoms with Gasteiger partial charge in [-0.2, -0.15) is 0 Å². The number of anilines is 1. The highest BCUT2D eigenvalue weighted by Gasteiger charge is 2.37. The average Bonchev–Trinajstić information content (AvgIpc) is 2.99. The van der Waals surface area contributed by atoms with Crippen molar-refractivity contribution < 1.29 is 27.9 Å². The van der Waals surface area contributed by atoms with Crippen molar-refractivity contribution in [3.8, 4) is 0 Å². The summed E-state index contributed by atoms with van der Waals surface area (Å²) in [7, 11) is 0. The number of hydrogen-bond acceptors (Lipinski definition) is 5. The molecule has 0 radical (unpaired) electrons. The van der Waals surface area contributed by atoms with Gasteiger partial charge in [0.1, 0.15) is 11.6 Å². The molecule has 0 aliphatic carbocycles. The second-order valence-electron chi connectivity index (χ2n) is 10.4. The van der Waals surface area contributed by atoms with Crippen molar-refractivity contribution in [2.75, 3.05) is 37.7 Å². The number of hydrogen-bond donors (Lipinski definition) is 0. The first kappa shape index (κ1) is 29.0. The smallest absolute Gasteiger partial charge is 0.336 e. The van der Waals surface area contributed by atoms with E-state index in [0.717, 1.165) is 5.56 Å². The minimum absolute atomic E-state index is 0.0140. The number of carbonyl (C=O) groups is 3. The van der Waals surface area contributed by atoms with Crippen LogP contribution in [0, 0.1) is 11.6 Å². The van der Waals surface area contributed by atoms with E-state index in [1.165, 1.54) is 23.1 Å². The second-order valence-corrected chi connectivity index (χ2v) is 10.4. The van der Waals surface area contributed by atoms with Gasteiger partial charge in [0.15, 0.2) is 0 Å². The minimum atomic E-state index is -0.626. The van der Waals surface area contributed by atoms with Gasteiger partial charge in [-0.1, -0.05) is 36.4 Å². The molecule has 2 amide bonds. The predicted molar refractivity (Wildman–Crippen MR) is 155 cm³/mol. The zero-order valence-electron chi connectivity index (χ0n) is 23.7. The molecule has 3 aromatic carbocycles. The number of para-hydroxylation sites is 1. The van der Waals surface area contributed by atoms with E-state index in [0.29, 0.717) is 54.3 Å². The summed E-state index contributed by atoms with van der Waals surface area (Å²) in [6.07, 6.45) is -0.0140. The van der Waals surface area contributed by atoms with Crippen molar-refractivity contribution in [1.82, 2.24) is 9.80 Å². The minimum Gasteiger partial charge on any atom is -0.463 e. The Bertz CT molecular complexity index is 1530. The monoisotopic (exact) mass is 573 g/mol. The first-order valence-corrected chi connectivity index (χ1v) is 14.1. The highest BCUT2D eigenvalue weighted by molar-refractivity contribution is 5.96. The summed E-state index contributed by atoms with van der Waals surface area (Å²) >= 11 is 0. The number of nitrogens with zero attached hydrogens (tertiary/aromatic N) is 3. The summed E-state index contributed by atoms with van der Waals surface area (Å²) in [5, 5.41) is 0. The Labute approximate surface area is 244 Å². The van der Waals surface area contributed by atoms with Crippen LogP contribution in [0.25, 0.3) is 0 Å². The molecule has 7 nitrogen and oxygen atoms in total. The second kappa shape index (κ2) is 12.5. The predicted octanol–water partition coefficient (Wildman–Crippen LogP) is 5.28. The Balaban J connectivity index is 1.34. The van der Waals surface area contributed by atoms with Crippen LogP contribution < -0.4 is 4.90 Å². The molecule has 1 unspecified atom stereocenters. The highest BCUT2D eigenvalue weighted by atomic mass is 19.1. The maximum Gasteiger partial charge on any atom is 0.336 e. The van der Waals surface area contributed by atoms with Crippen molar-refractivity contribution in [2.45, 2.75) is 32.7 Å². The number of ether oxygens (including phenoxy) is 1. The molecular weight excluding hydrogens is 540 g/mol. The van der Waals surface area contributed by atoms with Crippen LogP contribution in [-0.2, 0) is 20.9 Å². The van der Waals surface area contributed by atoms with Gasteiger partial charge in [-0.15, -0.1) is 0 Å². The quantitative estimate of drug-likeness (QED) is 0.360. The van der Waals surface area contributed by atoms with Crippen LogP contribution in [0.2, 0.25) is 0 Å². The number of piperazine rings is 1. The molecule has 42 heavy (non-hydrogen) atoms. The van der Waals surface area contributed by atoms with Crippen molar-refractivity contribution >= 4 is 23.5 Å². The summed E-state index contributed by atoms with van der Waals surface area (Å²) in [4.78, 5) is 45.0. The van der Waals surface area contributed by atoms with Crippen LogP contribution >= 0.6 is 0 Å². The zero-order chi connectivity index (χ0) is 29.8. The summed E-state index contributed by atoms with van der Waals surface area (Å²) in [5.74, 6) is -2.25. The molecule has 0 bridgehead atoms. The molecule has 0 N–H and O–H groups in total. The molecule has 1 atom stereocenters. The third-order valence-electron chi connectivity index (χ3n) is 7.84. The molecule has 0 spiro atoms. The Kier molecular flexibility index (Phi) is 8.66. The lowest BCUT2D eigenvalue weighted by Gasteiger charge is -2.36. The molecule has 2 heterocycles. The maximum atomic E-state index is 14.2. The van der Waals surface area contributed by atoms with Gasteiger partial charge in [-0.05, 0) is 61.4 Å². The lowest BCUT2D eigenvalue weighted by molar-refractivity contribution is -0.140. The number of carbonyl (C=O) groups excluding carboxylic acids is 3. The van der Waals surface area contributed by atoms with E-state index >= 15 is 0 Å². The molecule has 9 heteroatoms. The molecule has 0 saturated carbocycles. The van der Waals surface area contributed by atoms with Gasteiger partial charge in [-0.25, -0.2) is 13.6 Å². The molecule has 5 rings (SSSR count). The molecule has 1 fully saturated rings. The van der Waals surface area contributed by atoms with Crippen LogP contribution in [0.3, 0.4) is 0 Å². The molecule has 0 aromatic heterocycles. The van der Waals surface area contributed by atoms with E-state index in [9.17, 15) is 23.2 Å². The number of esters is 1. The molecular formula is C33H33F2N3O4. The summed E-state index contributed by atoms with van der Waals surface area (Å²) in [6.45, 7) is 5.66. The third-order valence-corrected chi connectivity index (χ3v) is 7.84. The number of amides is 2. The van der Waals surface area contributed by atoms with E-state index in [1.54, 1.807) is 67.3 Å². The van der Waals surface area contributed by atoms with Crippen molar-refractivity contribution in [3.05, 3.63) is 112 Å². The number of rotatable bonds is 7. The first-order valence-electron chi connectivity index (χ1n) is 14.1. The van der Waals surface area contributed by atoms with Crippen LogP contribution in [0.15, 0.2) is 84.1 Å². The molecule has 3 aromatic rings. The lowest BCUT2D eigenvalue weighted by Crippen LogP contribution is -2.49. The molecule has 2 aliphatic rings. The van der Waals surface area contributed by atoms with Gasteiger partial charge in [-0.3, -0.25) is 9.59 Å². The SMILES string of the molecule is CCOC(=O)C1=C(C)N(Cc2cccc(C(=O)N3CCN(c4ccccc4F)CC3)c2)C(=O)CC1c1cccc(F)c1. The lowest BCUT2D eigenvalue weighted by atomic mass is 9.83. The Hall–Kier alpha value is -4.53. The molecule has 1 saturated heterocycles. The molecule has 2 aliphatic heterocycles. The zero-order valence-corrected chi connectivity index (χ0v) is 23.7. The van der Waals surface area contributed by atoms with Gasteiger partial charge >= 0.3 is 5.97 Å². The third kappa shape index (κ3) is 6.05. The fraction of sp³-hybridized carbons (Fsp3) is 0.303. The van der Waals surface area contributed by atoms with Gasteiger partial charge < -0.3 is 19.4 Å². The van der Waals surface area contributed by atoms with Crippen LogP contribution in [-0.4, -0.2) is 60.4 Å². The number of halogens is 2. The van der Waals surface area contributed by atoms with E-state index in [2.05, 4.69) is 0 Å². The Morgan fingerprint density at radius 1 is 0.929 bits per heavy atom. The van der Waals surface area contributed by atoms with Crippen molar-refractivity contribution in [3.63, 3.8) is 0 Å². The van der Waals surface area contributed by atoms with E-state index < -0.39 is 17.7 Å². The summed E-state index contributed by atoms with van der Waals surface area (Å²) in [5.41, 5.74) is 3.05. The van der Waals surface area contributed by atoms with Crippen molar-refractivity contribution in [1.29, 1.82) is 0 Å². The fourth-order valence-corrected chi connectivity index (χ4v) is 5.71. The fourth-order valence-electron chi connectivity index (χ4n) is 5.71. The Morgan fingerprint density at radius 3 is 2.38 bits per heavy atom. The van der Waals surface area contributed by atoms with Gasteiger partial charge in [0.25, 0.3) is 5.91 Å². The number of allylic oxidation sites excluding steroid dienone is 1. The first-order chi connectivity index (χ1) is 20.3. The van der Waals surface area contributed by atoms with Gasteiger partial charge in [0, 0.05) is 49.8 Å². The van der Waals surface area contributed by atoms with E-state index in [4.69, 9.17) is 4.74 Å². The summed E-state index contributed by atoms with van der Waals surface area (Å²) in [6, 6.07) is 19.6. The van der Waals surface area contributed by atoms with Crippen LogP contribution in [0.1, 0.15) is 47.7 Å². The van der Waals surface area contributed by atoms with E-state index in [1.807, 2.05) is 11.0 Å². The highest BCUT2D eigenvalue weighted by Crippen LogP contribution is 2.38. The topological polar surface area (TPSA) is 70.2 Å². The van der Waals surface area contributed by atoms with Gasteiger partial charge in [0.05, 0.1) is 24.4 Å². The standard InChI is InChI=1S/C33H33F2N3O4/c1-3-42-33(41)31-22(2)38(30(39)20-27(31)24-9-7-11-26(34)19-24)21-23-8-6-10-25(18-23)32(40)37-16-14-36(15-17-37)29-13-5-4-12-28(29)35/h4-13,18-19,27H,3,14-17,20-21H2,1-2H3. The average molecular weight is 574 g/mol. The van der Waals surface area contributed by atoms with Gasteiger partial charge in [0.2, 0.25) is 5.91 Å². The number of benzene rings is 3. The normalized spacial score (nSPS) is 17.5. The maximum absolute atomic E-state index is 14.2.